The van der Waals surface area contributed by atoms with Crippen LogP contribution in [0.1, 0.15) is 13.3 Å². The van der Waals surface area contributed by atoms with Gasteiger partial charge in [0.2, 0.25) is 0 Å². The molecule has 0 aliphatic carbocycles. The van der Waals surface area contributed by atoms with Crippen molar-refractivity contribution < 1.29 is 22.1 Å². The van der Waals surface area contributed by atoms with E-state index in [1.807, 2.05) is 0 Å². The molecule has 0 aromatic rings. The summed E-state index contributed by atoms with van der Waals surface area (Å²) in [5, 5.41) is 0. The van der Waals surface area contributed by atoms with Crippen molar-refractivity contribution in [3.8, 4) is 0 Å². The zero-order valence-electron chi connectivity index (χ0n) is 8.28. The molecule has 0 aromatic heterocycles. The molecule has 0 aliphatic heterocycles. The molecule has 0 fully saturated rings. The standard InChI is InChI=1S/C8H14O5S/c1-7(6-12-8(2)9)4-5-13-14(3,10)11/h1,4-6H2,2-3H3. The van der Waals surface area contributed by atoms with E-state index < -0.39 is 16.1 Å². The zero-order chi connectivity index (χ0) is 11.2. The Morgan fingerprint density at radius 2 is 2.00 bits per heavy atom. The van der Waals surface area contributed by atoms with Crippen LogP contribution in [0, 0.1) is 0 Å². The highest BCUT2D eigenvalue weighted by atomic mass is 32.2. The first-order valence-corrected chi connectivity index (χ1v) is 5.77. The van der Waals surface area contributed by atoms with Gasteiger partial charge in [-0.25, -0.2) is 0 Å². The topological polar surface area (TPSA) is 69.7 Å². The van der Waals surface area contributed by atoms with Crippen LogP contribution in [0.2, 0.25) is 0 Å². The van der Waals surface area contributed by atoms with Gasteiger partial charge in [0, 0.05) is 6.92 Å². The Kier molecular flexibility index (Phi) is 5.40. The largest absolute Gasteiger partial charge is 0.461 e. The summed E-state index contributed by atoms with van der Waals surface area (Å²) in [5.74, 6) is -0.393. The van der Waals surface area contributed by atoms with E-state index in [0.717, 1.165) is 6.26 Å². The van der Waals surface area contributed by atoms with E-state index in [0.29, 0.717) is 12.0 Å². The highest BCUT2D eigenvalue weighted by Gasteiger charge is 2.03. The van der Waals surface area contributed by atoms with E-state index in [-0.39, 0.29) is 13.2 Å². The Labute approximate surface area is 83.8 Å². The fourth-order valence-corrected chi connectivity index (χ4v) is 0.999. The molecular formula is C8H14O5S. The number of ether oxygens (including phenoxy) is 1. The molecule has 0 rings (SSSR count). The van der Waals surface area contributed by atoms with Gasteiger partial charge in [-0.2, -0.15) is 8.42 Å². The molecule has 14 heavy (non-hydrogen) atoms. The Bertz CT molecular complexity index is 304. The van der Waals surface area contributed by atoms with E-state index in [9.17, 15) is 13.2 Å². The lowest BCUT2D eigenvalue weighted by Crippen LogP contribution is -2.08. The second-order valence-corrected chi connectivity index (χ2v) is 4.45. The van der Waals surface area contributed by atoms with Gasteiger partial charge in [0.25, 0.3) is 10.1 Å². The van der Waals surface area contributed by atoms with E-state index in [2.05, 4.69) is 15.5 Å². The van der Waals surface area contributed by atoms with Crippen LogP contribution < -0.4 is 0 Å². The summed E-state index contributed by atoms with van der Waals surface area (Å²) in [6.45, 7) is 5.01. The van der Waals surface area contributed by atoms with Crippen LogP contribution in [0.5, 0.6) is 0 Å². The minimum atomic E-state index is -3.40. The maximum Gasteiger partial charge on any atom is 0.302 e. The Hall–Kier alpha value is -0.880. The maximum absolute atomic E-state index is 10.5. The summed E-state index contributed by atoms with van der Waals surface area (Å²) in [5.41, 5.74) is 0.615. The molecule has 0 aromatic carbocycles. The second-order valence-electron chi connectivity index (χ2n) is 2.81. The molecular weight excluding hydrogens is 208 g/mol. The van der Waals surface area contributed by atoms with Crippen molar-refractivity contribution in [3.63, 3.8) is 0 Å². The fourth-order valence-electron chi connectivity index (χ4n) is 0.613. The molecule has 0 saturated heterocycles. The van der Waals surface area contributed by atoms with Crippen molar-refractivity contribution in [2.75, 3.05) is 19.5 Å². The molecule has 0 saturated carbocycles. The summed E-state index contributed by atoms with van der Waals surface area (Å²) in [4.78, 5) is 10.4. The molecule has 6 heteroatoms. The highest BCUT2D eigenvalue weighted by Crippen LogP contribution is 2.01. The average Bonchev–Trinajstić information content (AvgIpc) is 1.98. The van der Waals surface area contributed by atoms with Crippen LogP contribution in [-0.4, -0.2) is 33.9 Å². The first kappa shape index (κ1) is 13.1. The molecule has 0 atom stereocenters. The zero-order valence-corrected chi connectivity index (χ0v) is 9.09. The van der Waals surface area contributed by atoms with Crippen molar-refractivity contribution in [1.29, 1.82) is 0 Å². The smallest absolute Gasteiger partial charge is 0.302 e. The van der Waals surface area contributed by atoms with Crippen molar-refractivity contribution >= 4 is 16.1 Å². The third-order valence-corrected chi connectivity index (χ3v) is 1.83. The number of carbonyl (C=O) groups excluding carboxylic acids is 1. The molecule has 82 valence electrons. The van der Waals surface area contributed by atoms with Crippen LogP contribution >= 0.6 is 0 Å². The van der Waals surface area contributed by atoms with Crippen molar-refractivity contribution in [2.24, 2.45) is 0 Å². The summed E-state index contributed by atoms with van der Waals surface area (Å²) >= 11 is 0. The van der Waals surface area contributed by atoms with Gasteiger partial charge in [0.15, 0.2) is 0 Å². The summed E-state index contributed by atoms with van der Waals surface area (Å²) in [7, 11) is -3.40. The lowest BCUT2D eigenvalue weighted by molar-refractivity contribution is -0.140. The minimum Gasteiger partial charge on any atom is -0.461 e. The molecule has 0 radical (unpaired) electrons. The molecule has 0 spiro atoms. The van der Waals surface area contributed by atoms with Gasteiger partial charge in [-0.05, 0) is 12.0 Å². The predicted octanol–water partition coefficient (Wildman–Crippen LogP) is 0.472. The Balaban J connectivity index is 3.60. The van der Waals surface area contributed by atoms with Gasteiger partial charge in [-0.1, -0.05) is 6.58 Å². The number of hydrogen-bond donors (Lipinski definition) is 0. The van der Waals surface area contributed by atoms with Crippen LogP contribution in [-0.2, 0) is 23.8 Å². The number of hydrogen-bond acceptors (Lipinski definition) is 5. The van der Waals surface area contributed by atoms with Gasteiger partial charge in [0.1, 0.15) is 6.61 Å². The lowest BCUT2D eigenvalue weighted by atomic mass is 10.2. The number of esters is 1. The van der Waals surface area contributed by atoms with Gasteiger partial charge < -0.3 is 4.74 Å². The SMILES string of the molecule is C=C(CCOS(C)(=O)=O)COC(C)=O. The summed E-state index contributed by atoms with van der Waals surface area (Å²) in [6, 6.07) is 0. The summed E-state index contributed by atoms with van der Waals surface area (Å²) in [6.07, 6.45) is 1.32. The van der Waals surface area contributed by atoms with E-state index >= 15 is 0 Å². The van der Waals surface area contributed by atoms with Crippen molar-refractivity contribution in [3.05, 3.63) is 12.2 Å². The molecule has 0 bridgehead atoms. The van der Waals surface area contributed by atoms with Crippen molar-refractivity contribution in [1.82, 2.24) is 0 Å². The van der Waals surface area contributed by atoms with E-state index in [4.69, 9.17) is 0 Å². The predicted molar refractivity (Wildman–Crippen MR) is 51.2 cm³/mol. The number of carbonyl (C=O) groups is 1. The van der Waals surface area contributed by atoms with Gasteiger partial charge in [-0.15, -0.1) is 0 Å². The Morgan fingerprint density at radius 1 is 1.43 bits per heavy atom. The van der Waals surface area contributed by atoms with Crippen LogP contribution in [0.3, 0.4) is 0 Å². The lowest BCUT2D eigenvalue weighted by Gasteiger charge is -2.05. The van der Waals surface area contributed by atoms with Gasteiger partial charge in [0.05, 0.1) is 12.9 Å². The third-order valence-electron chi connectivity index (χ3n) is 1.23. The first-order valence-electron chi connectivity index (χ1n) is 3.95. The molecule has 0 unspecified atom stereocenters. The minimum absolute atomic E-state index is 0.0267. The third kappa shape index (κ3) is 9.21. The second kappa shape index (κ2) is 5.77. The first-order chi connectivity index (χ1) is 6.31. The molecule has 0 heterocycles. The summed E-state index contributed by atoms with van der Waals surface area (Å²) < 4.78 is 30.2. The number of rotatable bonds is 6. The van der Waals surface area contributed by atoms with Crippen LogP contribution in [0.25, 0.3) is 0 Å². The van der Waals surface area contributed by atoms with Crippen molar-refractivity contribution in [2.45, 2.75) is 13.3 Å². The van der Waals surface area contributed by atoms with E-state index in [1.54, 1.807) is 0 Å². The highest BCUT2D eigenvalue weighted by molar-refractivity contribution is 7.85. The molecule has 0 amide bonds. The quantitative estimate of drug-likeness (QED) is 0.371. The van der Waals surface area contributed by atoms with Crippen LogP contribution in [0.4, 0.5) is 0 Å². The molecule has 0 aliphatic rings. The van der Waals surface area contributed by atoms with Gasteiger partial charge >= 0.3 is 5.97 Å². The fraction of sp³-hybridized carbons (Fsp3) is 0.625. The maximum atomic E-state index is 10.5. The van der Waals surface area contributed by atoms with Crippen LogP contribution in [0.15, 0.2) is 12.2 Å². The normalized spacial score (nSPS) is 11.0. The average molecular weight is 222 g/mol. The van der Waals surface area contributed by atoms with Gasteiger partial charge in [-0.3, -0.25) is 8.98 Å². The Morgan fingerprint density at radius 3 is 2.43 bits per heavy atom. The molecule has 0 N–H and O–H groups in total. The monoisotopic (exact) mass is 222 g/mol. The molecule has 5 nitrogen and oxygen atoms in total. The van der Waals surface area contributed by atoms with E-state index in [1.165, 1.54) is 6.92 Å².